The molecule has 3 N–H and O–H groups in total. The third-order valence-electron chi connectivity index (χ3n) is 5.67. The topological polar surface area (TPSA) is 72.2 Å². The number of primary amides is 1. The molecule has 3 aromatic rings. The van der Waals surface area contributed by atoms with Crippen molar-refractivity contribution in [2.45, 2.75) is 17.9 Å². The number of hydrogen-bond donors (Lipinski definition) is 2. The average molecular weight is 406 g/mol. The molecule has 3 aromatic carbocycles. The lowest BCUT2D eigenvalue weighted by Gasteiger charge is -2.38. The van der Waals surface area contributed by atoms with Crippen molar-refractivity contribution >= 4 is 11.8 Å². The number of benzene rings is 3. The maximum Gasteiger partial charge on any atom is 0.225 e. The lowest BCUT2D eigenvalue weighted by molar-refractivity contribution is -0.127. The smallest absolute Gasteiger partial charge is 0.225 e. The molecule has 0 aliphatic carbocycles. The van der Waals surface area contributed by atoms with Crippen LogP contribution in [0.3, 0.4) is 0 Å². The Bertz CT molecular complexity index is 1060. The fourth-order valence-corrected chi connectivity index (χ4v) is 4.53. The highest BCUT2D eigenvalue weighted by atomic mass is 19.1. The van der Waals surface area contributed by atoms with Crippen LogP contribution in [0.1, 0.15) is 29.0 Å². The van der Waals surface area contributed by atoms with Crippen LogP contribution in [0.5, 0.6) is 0 Å². The fourth-order valence-electron chi connectivity index (χ4n) is 4.53. The molecule has 30 heavy (non-hydrogen) atoms. The Labute approximate surface area is 172 Å². The molecule has 4 rings (SSSR count). The van der Waals surface area contributed by atoms with Gasteiger partial charge in [0.05, 0.1) is 11.5 Å². The van der Waals surface area contributed by atoms with Crippen molar-refractivity contribution in [3.8, 4) is 0 Å². The van der Waals surface area contributed by atoms with E-state index in [9.17, 15) is 18.4 Å². The number of nitrogens with two attached hydrogens (primary N) is 1. The molecule has 0 bridgehead atoms. The Morgan fingerprint density at radius 2 is 1.47 bits per heavy atom. The zero-order valence-electron chi connectivity index (χ0n) is 16.0. The van der Waals surface area contributed by atoms with Gasteiger partial charge < -0.3 is 11.1 Å². The van der Waals surface area contributed by atoms with Gasteiger partial charge in [0, 0.05) is 12.3 Å². The third-order valence-corrected chi connectivity index (χ3v) is 5.67. The molecule has 0 saturated carbocycles. The van der Waals surface area contributed by atoms with Crippen LogP contribution in [-0.4, -0.2) is 11.8 Å². The summed E-state index contributed by atoms with van der Waals surface area (Å²) in [4.78, 5) is 24.9. The highest BCUT2D eigenvalue weighted by Gasteiger charge is 2.56. The lowest BCUT2D eigenvalue weighted by atomic mass is 9.67. The number of halogens is 2. The number of carbonyl (C=O) groups is 2. The molecule has 1 saturated heterocycles. The van der Waals surface area contributed by atoms with Crippen molar-refractivity contribution in [3.63, 3.8) is 0 Å². The van der Waals surface area contributed by atoms with E-state index in [-0.39, 0.29) is 6.42 Å². The van der Waals surface area contributed by atoms with Gasteiger partial charge in [0.1, 0.15) is 11.6 Å². The Morgan fingerprint density at radius 1 is 0.900 bits per heavy atom. The second-order valence-electron chi connectivity index (χ2n) is 7.48. The van der Waals surface area contributed by atoms with Crippen LogP contribution >= 0.6 is 0 Å². The van der Waals surface area contributed by atoms with E-state index >= 15 is 0 Å². The Morgan fingerprint density at radius 3 is 1.97 bits per heavy atom. The molecular formula is C24H20F2N2O2. The standard InChI is InChI=1S/C24H20F2N2O2/c25-18-10-4-8-16(12-18)24(17-9-5-11-19(26)13-17)22(15-6-2-1-3-7-15)20(14-21(27)29)23(30)28-24/h1-13,20,22H,14H2,(H2,27,29)(H,28,30)/t20-,22?/m0/s1. The predicted molar refractivity (Wildman–Crippen MR) is 108 cm³/mol. The normalized spacial score (nSPS) is 20.0. The van der Waals surface area contributed by atoms with Crippen LogP contribution in [0, 0.1) is 17.6 Å². The molecule has 1 unspecified atom stereocenters. The number of nitrogens with one attached hydrogen (secondary N) is 1. The quantitative estimate of drug-likeness (QED) is 0.679. The Balaban J connectivity index is 2.04. The van der Waals surface area contributed by atoms with Gasteiger partial charge in [0.2, 0.25) is 11.8 Å². The summed E-state index contributed by atoms with van der Waals surface area (Å²) in [5.41, 5.74) is 5.86. The van der Waals surface area contributed by atoms with E-state index in [1.54, 1.807) is 24.3 Å². The zero-order chi connectivity index (χ0) is 21.3. The summed E-state index contributed by atoms with van der Waals surface area (Å²) >= 11 is 0. The highest BCUT2D eigenvalue weighted by molar-refractivity contribution is 5.90. The first kappa shape index (κ1) is 19.8. The molecule has 0 spiro atoms. The maximum atomic E-state index is 14.3. The fraction of sp³-hybridized carbons (Fsp3) is 0.167. The van der Waals surface area contributed by atoms with Gasteiger partial charge in [-0.25, -0.2) is 8.78 Å². The van der Waals surface area contributed by atoms with Gasteiger partial charge in [0.15, 0.2) is 0 Å². The SMILES string of the molecule is NC(=O)C[C@@H]1C(=O)NC(c2cccc(F)c2)(c2cccc(F)c2)C1c1ccccc1. The summed E-state index contributed by atoms with van der Waals surface area (Å²) in [6, 6.07) is 20.9. The van der Waals surface area contributed by atoms with Crippen LogP contribution in [0.2, 0.25) is 0 Å². The minimum Gasteiger partial charge on any atom is -0.370 e. The van der Waals surface area contributed by atoms with Crippen LogP contribution in [0.4, 0.5) is 8.78 Å². The van der Waals surface area contributed by atoms with Crippen molar-refractivity contribution in [1.82, 2.24) is 5.32 Å². The van der Waals surface area contributed by atoms with E-state index in [0.717, 1.165) is 5.56 Å². The van der Waals surface area contributed by atoms with E-state index in [1.807, 2.05) is 30.3 Å². The maximum absolute atomic E-state index is 14.3. The lowest BCUT2D eigenvalue weighted by Crippen LogP contribution is -2.43. The first-order valence-electron chi connectivity index (χ1n) is 9.59. The van der Waals surface area contributed by atoms with Gasteiger partial charge in [-0.3, -0.25) is 9.59 Å². The van der Waals surface area contributed by atoms with E-state index < -0.39 is 40.8 Å². The Hall–Kier alpha value is -3.54. The number of carbonyl (C=O) groups excluding carboxylic acids is 2. The number of amides is 2. The monoisotopic (exact) mass is 406 g/mol. The van der Waals surface area contributed by atoms with Gasteiger partial charge in [-0.2, -0.15) is 0 Å². The molecule has 2 amide bonds. The second-order valence-corrected chi connectivity index (χ2v) is 7.48. The minimum atomic E-state index is -1.28. The summed E-state index contributed by atoms with van der Waals surface area (Å²) in [7, 11) is 0. The largest absolute Gasteiger partial charge is 0.370 e. The summed E-state index contributed by atoms with van der Waals surface area (Å²) in [5.74, 6) is -3.38. The van der Waals surface area contributed by atoms with Gasteiger partial charge >= 0.3 is 0 Å². The summed E-state index contributed by atoms with van der Waals surface area (Å²) in [5, 5.41) is 2.98. The van der Waals surface area contributed by atoms with E-state index in [1.165, 1.54) is 24.3 Å². The molecule has 1 aliphatic rings. The van der Waals surface area contributed by atoms with Gasteiger partial charge in [0.25, 0.3) is 0 Å². The number of rotatable bonds is 5. The van der Waals surface area contributed by atoms with Crippen molar-refractivity contribution < 1.29 is 18.4 Å². The van der Waals surface area contributed by atoms with Crippen molar-refractivity contribution in [2.75, 3.05) is 0 Å². The molecule has 152 valence electrons. The van der Waals surface area contributed by atoms with Crippen LogP contribution in [0.25, 0.3) is 0 Å². The molecule has 2 atom stereocenters. The average Bonchev–Trinajstić information content (AvgIpc) is 3.01. The van der Waals surface area contributed by atoms with Gasteiger partial charge in [-0.15, -0.1) is 0 Å². The van der Waals surface area contributed by atoms with E-state index in [4.69, 9.17) is 5.73 Å². The van der Waals surface area contributed by atoms with Crippen molar-refractivity contribution in [2.24, 2.45) is 11.7 Å². The summed E-state index contributed by atoms with van der Waals surface area (Å²) < 4.78 is 28.5. The summed E-state index contributed by atoms with van der Waals surface area (Å²) in [6.45, 7) is 0. The van der Waals surface area contributed by atoms with E-state index in [2.05, 4.69) is 5.32 Å². The second kappa shape index (κ2) is 7.71. The van der Waals surface area contributed by atoms with Gasteiger partial charge in [-0.05, 0) is 41.0 Å². The molecule has 1 aliphatic heterocycles. The first-order chi connectivity index (χ1) is 14.4. The van der Waals surface area contributed by atoms with Crippen LogP contribution in [-0.2, 0) is 15.1 Å². The summed E-state index contributed by atoms with van der Waals surface area (Å²) in [6.07, 6.45) is -0.183. The molecule has 0 radical (unpaired) electrons. The first-order valence-corrected chi connectivity index (χ1v) is 9.59. The molecule has 1 fully saturated rings. The van der Waals surface area contributed by atoms with E-state index in [0.29, 0.717) is 11.1 Å². The molecule has 0 aromatic heterocycles. The van der Waals surface area contributed by atoms with Crippen molar-refractivity contribution in [3.05, 3.63) is 107 Å². The highest BCUT2D eigenvalue weighted by Crippen LogP contribution is 2.51. The Kier molecular flexibility index (Phi) is 5.08. The zero-order valence-corrected chi connectivity index (χ0v) is 16.0. The molecule has 4 nitrogen and oxygen atoms in total. The predicted octanol–water partition coefficient (Wildman–Crippen LogP) is 3.61. The van der Waals surface area contributed by atoms with Crippen molar-refractivity contribution in [1.29, 1.82) is 0 Å². The number of hydrogen-bond acceptors (Lipinski definition) is 2. The minimum absolute atomic E-state index is 0.183. The molecule has 6 heteroatoms. The third kappa shape index (κ3) is 3.34. The molecule has 1 heterocycles. The van der Waals surface area contributed by atoms with Crippen LogP contribution < -0.4 is 11.1 Å². The van der Waals surface area contributed by atoms with Crippen LogP contribution in [0.15, 0.2) is 78.9 Å². The van der Waals surface area contributed by atoms with Gasteiger partial charge in [-0.1, -0.05) is 54.6 Å². The molecular weight excluding hydrogens is 386 g/mol.